The van der Waals surface area contributed by atoms with E-state index < -0.39 is 0 Å². The molecule has 0 heterocycles. The molecular weight excluding hydrogens is 304 g/mol. The van der Waals surface area contributed by atoms with Crippen molar-refractivity contribution in [2.24, 2.45) is 0 Å². The van der Waals surface area contributed by atoms with Crippen molar-refractivity contribution in [1.29, 1.82) is 0 Å². The van der Waals surface area contributed by atoms with E-state index in [0.717, 1.165) is 5.33 Å². The van der Waals surface area contributed by atoms with Gasteiger partial charge >= 0.3 is 0 Å². The van der Waals surface area contributed by atoms with Crippen LogP contribution in [0.2, 0.25) is 0 Å². The van der Waals surface area contributed by atoms with Gasteiger partial charge in [0, 0.05) is 11.9 Å². The smallest absolute Gasteiger partial charge is 0.0923 e. The summed E-state index contributed by atoms with van der Waals surface area (Å²) in [5.41, 5.74) is 0. The molecule has 0 aliphatic rings. The van der Waals surface area contributed by atoms with E-state index in [2.05, 4.69) is 47.8 Å². The van der Waals surface area contributed by atoms with E-state index in [1.54, 1.807) is 0 Å². The molecule has 0 aromatic rings. The first-order chi connectivity index (χ1) is 3.62. The number of halogens is 3. The molecule has 0 saturated carbocycles. The first kappa shape index (κ1) is 9.40. The summed E-state index contributed by atoms with van der Waals surface area (Å²) in [6, 6.07) is 0. The zero-order valence-corrected chi connectivity index (χ0v) is 8.96. The van der Waals surface area contributed by atoms with E-state index >= 15 is 0 Å². The van der Waals surface area contributed by atoms with Crippen molar-refractivity contribution in [3.8, 4) is 0 Å². The minimum absolute atomic E-state index is 0.116. The van der Waals surface area contributed by atoms with Crippen LogP contribution in [0.1, 0.15) is 6.42 Å². The Bertz CT molecular complexity index is 64.3. The monoisotopic (exact) mass is 308 g/mol. The molecule has 1 N–H and O–H groups in total. The van der Waals surface area contributed by atoms with Crippen LogP contribution in [0.25, 0.3) is 0 Å². The third kappa shape index (κ3) is 4.30. The molecule has 0 aromatic carbocycles. The van der Waals surface area contributed by atoms with E-state index in [0.29, 0.717) is 6.42 Å². The quantitative estimate of drug-likeness (QED) is 0.793. The molecule has 4 heteroatoms. The Labute approximate surface area is 74.2 Å². The van der Waals surface area contributed by atoms with Crippen LogP contribution in [-0.4, -0.2) is 20.3 Å². The van der Waals surface area contributed by atoms with E-state index in [-0.39, 0.29) is 9.84 Å². The standard InChI is InChI=1S/C4H7Br3O/c5-3-4(6,7)1-2-8/h8H,1-3H2. The van der Waals surface area contributed by atoms with Gasteiger partial charge in [-0.2, -0.15) is 0 Å². The number of aliphatic hydroxyl groups is 1. The van der Waals surface area contributed by atoms with Crippen LogP contribution >= 0.6 is 47.8 Å². The lowest BCUT2D eigenvalue weighted by Gasteiger charge is -2.13. The predicted molar refractivity (Wildman–Crippen MR) is 46.1 cm³/mol. The van der Waals surface area contributed by atoms with Crippen LogP contribution in [0, 0.1) is 0 Å². The third-order valence-electron chi connectivity index (χ3n) is 0.673. The summed E-state index contributed by atoms with van der Waals surface area (Å²) in [6.07, 6.45) is 0.707. The summed E-state index contributed by atoms with van der Waals surface area (Å²) in [4.78, 5) is 0. The van der Waals surface area contributed by atoms with E-state index in [9.17, 15) is 0 Å². The highest BCUT2D eigenvalue weighted by Crippen LogP contribution is 2.31. The first-order valence-electron chi connectivity index (χ1n) is 2.17. The number of aliphatic hydroxyl groups excluding tert-OH is 1. The normalized spacial score (nSPS) is 12.0. The van der Waals surface area contributed by atoms with Gasteiger partial charge in [0.05, 0.1) is 3.23 Å². The fraction of sp³-hybridized carbons (Fsp3) is 1.00. The van der Waals surface area contributed by atoms with E-state index in [1.165, 1.54) is 0 Å². The van der Waals surface area contributed by atoms with Crippen molar-refractivity contribution in [3.63, 3.8) is 0 Å². The molecule has 0 aliphatic heterocycles. The molecular formula is C4H7Br3O. The third-order valence-corrected chi connectivity index (χ3v) is 4.49. The lowest BCUT2D eigenvalue weighted by molar-refractivity contribution is 0.287. The van der Waals surface area contributed by atoms with Gasteiger partial charge in [0.15, 0.2) is 0 Å². The molecule has 0 aliphatic carbocycles. The van der Waals surface area contributed by atoms with Crippen LogP contribution in [0.15, 0.2) is 0 Å². The molecule has 0 unspecified atom stereocenters. The van der Waals surface area contributed by atoms with Gasteiger partial charge < -0.3 is 5.11 Å². The van der Waals surface area contributed by atoms with Crippen molar-refractivity contribution in [2.75, 3.05) is 11.9 Å². The maximum atomic E-state index is 8.45. The van der Waals surface area contributed by atoms with Crippen LogP contribution in [-0.2, 0) is 0 Å². The number of alkyl halides is 3. The summed E-state index contributed by atoms with van der Waals surface area (Å²) >= 11 is 9.97. The minimum atomic E-state index is -0.116. The average molecular weight is 311 g/mol. The summed E-state index contributed by atoms with van der Waals surface area (Å²) in [5, 5.41) is 9.24. The maximum Gasteiger partial charge on any atom is 0.0923 e. The van der Waals surface area contributed by atoms with Gasteiger partial charge in [-0.1, -0.05) is 47.8 Å². The van der Waals surface area contributed by atoms with Crippen molar-refractivity contribution in [3.05, 3.63) is 0 Å². The molecule has 1 nitrogen and oxygen atoms in total. The van der Waals surface area contributed by atoms with Crippen LogP contribution < -0.4 is 0 Å². The Morgan fingerprint density at radius 1 is 1.38 bits per heavy atom. The molecule has 0 fully saturated rings. The predicted octanol–water partition coefficient (Wildman–Crippen LogP) is 2.25. The highest BCUT2D eigenvalue weighted by atomic mass is 79.9. The lowest BCUT2D eigenvalue weighted by Crippen LogP contribution is -2.14. The van der Waals surface area contributed by atoms with Gasteiger partial charge in [0.25, 0.3) is 0 Å². The fourth-order valence-electron chi connectivity index (χ4n) is 0.230. The van der Waals surface area contributed by atoms with Gasteiger partial charge in [0.1, 0.15) is 0 Å². The molecule has 0 spiro atoms. The SMILES string of the molecule is OCCC(Br)(Br)CBr. The second-order valence-electron chi connectivity index (χ2n) is 1.46. The second-order valence-corrected chi connectivity index (χ2v) is 6.12. The summed E-state index contributed by atoms with van der Waals surface area (Å²) in [5.74, 6) is 0. The zero-order valence-electron chi connectivity index (χ0n) is 4.20. The Morgan fingerprint density at radius 2 is 1.88 bits per heavy atom. The van der Waals surface area contributed by atoms with Gasteiger partial charge in [-0.25, -0.2) is 0 Å². The van der Waals surface area contributed by atoms with E-state index in [4.69, 9.17) is 5.11 Å². The molecule has 8 heavy (non-hydrogen) atoms. The molecule has 0 saturated heterocycles. The van der Waals surface area contributed by atoms with Gasteiger partial charge in [-0.05, 0) is 6.42 Å². The van der Waals surface area contributed by atoms with Crippen molar-refractivity contribution >= 4 is 47.8 Å². The molecule has 0 amide bonds. The Morgan fingerprint density at radius 3 is 2.00 bits per heavy atom. The molecule has 0 aromatic heterocycles. The summed E-state index contributed by atoms with van der Waals surface area (Å²) < 4.78 is -0.116. The fourth-order valence-corrected chi connectivity index (χ4v) is 0.865. The molecule has 0 atom stereocenters. The molecule has 0 radical (unpaired) electrons. The highest BCUT2D eigenvalue weighted by molar-refractivity contribution is 9.26. The Balaban J connectivity index is 3.37. The molecule has 0 bridgehead atoms. The number of rotatable bonds is 3. The maximum absolute atomic E-state index is 8.45. The lowest BCUT2D eigenvalue weighted by atomic mass is 10.4. The van der Waals surface area contributed by atoms with Crippen molar-refractivity contribution < 1.29 is 5.11 Å². The zero-order chi connectivity index (χ0) is 6.62. The molecule has 50 valence electrons. The largest absolute Gasteiger partial charge is 0.396 e. The van der Waals surface area contributed by atoms with Crippen LogP contribution in [0.5, 0.6) is 0 Å². The Kier molecular flexibility index (Phi) is 5.00. The van der Waals surface area contributed by atoms with Gasteiger partial charge in [-0.15, -0.1) is 0 Å². The summed E-state index contributed by atoms with van der Waals surface area (Å²) in [6.45, 7) is 0.197. The first-order valence-corrected chi connectivity index (χ1v) is 4.88. The van der Waals surface area contributed by atoms with E-state index in [1.807, 2.05) is 0 Å². The average Bonchev–Trinajstić information content (AvgIpc) is 1.67. The van der Waals surface area contributed by atoms with Crippen molar-refractivity contribution in [2.45, 2.75) is 9.65 Å². The molecule has 0 rings (SSSR count). The highest BCUT2D eigenvalue weighted by Gasteiger charge is 2.19. The van der Waals surface area contributed by atoms with Crippen LogP contribution in [0.4, 0.5) is 0 Å². The number of hydrogen-bond donors (Lipinski definition) is 1. The minimum Gasteiger partial charge on any atom is -0.396 e. The van der Waals surface area contributed by atoms with Gasteiger partial charge in [-0.3, -0.25) is 0 Å². The van der Waals surface area contributed by atoms with Gasteiger partial charge in [0.2, 0.25) is 0 Å². The topological polar surface area (TPSA) is 20.2 Å². The van der Waals surface area contributed by atoms with Crippen molar-refractivity contribution in [1.82, 2.24) is 0 Å². The van der Waals surface area contributed by atoms with Crippen LogP contribution in [0.3, 0.4) is 0 Å². The second kappa shape index (κ2) is 4.25. The summed E-state index contributed by atoms with van der Waals surface area (Å²) in [7, 11) is 0. The number of hydrogen-bond acceptors (Lipinski definition) is 1. The Hall–Kier alpha value is 1.40.